The molecule has 0 unspecified atom stereocenters. The first-order chi connectivity index (χ1) is 16.2. The molecule has 194 valence electrons. The van der Waals surface area contributed by atoms with E-state index in [0.717, 1.165) is 54.1 Å². The molecule has 35 heavy (non-hydrogen) atoms. The Kier molecular flexibility index (Phi) is 10.8. The highest BCUT2D eigenvalue weighted by Crippen LogP contribution is 2.43. The SMILES string of the molecule is CCCCC[C@H](CC(=O)Nc1c(C(C)C)ccc(N(C)C)c1C(C)C)c1cccc2c1OCO2.Cl. The molecule has 0 fully saturated rings. The number of halogens is 1. The summed E-state index contributed by atoms with van der Waals surface area (Å²) in [5, 5.41) is 3.36. The Bertz CT molecular complexity index is 988. The van der Waals surface area contributed by atoms with E-state index in [1.54, 1.807) is 0 Å². The summed E-state index contributed by atoms with van der Waals surface area (Å²) in [6.07, 6.45) is 4.77. The number of nitrogens with one attached hydrogen (secondary N) is 1. The lowest BCUT2D eigenvalue weighted by atomic mass is 9.88. The van der Waals surface area contributed by atoms with E-state index >= 15 is 0 Å². The monoisotopic (exact) mass is 502 g/mol. The number of ether oxygens (including phenoxy) is 2. The first-order valence-electron chi connectivity index (χ1n) is 12.8. The van der Waals surface area contributed by atoms with Crippen LogP contribution in [-0.4, -0.2) is 26.8 Å². The minimum absolute atomic E-state index is 0. The van der Waals surface area contributed by atoms with E-state index in [1.165, 1.54) is 11.1 Å². The molecule has 2 aromatic rings. The predicted molar refractivity (Wildman–Crippen MR) is 149 cm³/mol. The van der Waals surface area contributed by atoms with Crippen molar-refractivity contribution in [2.24, 2.45) is 0 Å². The molecule has 6 heteroatoms. The third-order valence-electron chi connectivity index (χ3n) is 6.66. The first-order valence-corrected chi connectivity index (χ1v) is 12.8. The van der Waals surface area contributed by atoms with Crippen molar-refractivity contribution < 1.29 is 14.3 Å². The van der Waals surface area contributed by atoms with Crippen LogP contribution in [0.15, 0.2) is 30.3 Å². The molecule has 5 nitrogen and oxygen atoms in total. The number of carbonyl (C=O) groups is 1. The van der Waals surface area contributed by atoms with Gasteiger partial charge in [-0.25, -0.2) is 0 Å². The number of hydrogen-bond donors (Lipinski definition) is 1. The van der Waals surface area contributed by atoms with E-state index in [1.807, 2.05) is 12.1 Å². The maximum absolute atomic E-state index is 13.6. The van der Waals surface area contributed by atoms with Gasteiger partial charge in [-0.2, -0.15) is 0 Å². The topological polar surface area (TPSA) is 50.8 Å². The van der Waals surface area contributed by atoms with Crippen LogP contribution in [0, 0.1) is 0 Å². The van der Waals surface area contributed by atoms with E-state index in [4.69, 9.17) is 9.47 Å². The van der Waals surface area contributed by atoms with Crippen LogP contribution >= 0.6 is 12.4 Å². The number of unbranched alkanes of at least 4 members (excludes halogenated alkanes) is 2. The van der Waals surface area contributed by atoms with Crippen molar-refractivity contribution in [3.8, 4) is 11.5 Å². The number of carbonyl (C=O) groups excluding carboxylic acids is 1. The normalized spacial score (nSPS) is 13.1. The average molecular weight is 503 g/mol. The standard InChI is InChI=1S/C29H42N2O3.ClH/c1-8-9-10-12-21(23-13-11-14-25-29(23)34-18-33-25)17-26(32)30-28-22(19(2)3)15-16-24(31(6)7)27(28)20(4)5;/h11,13-16,19-21H,8-10,12,17-18H2,1-7H3,(H,30,32);1H/t21-;/m1./s1. The number of fused-ring (bicyclic) bond motifs is 1. The van der Waals surface area contributed by atoms with E-state index in [-0.39, 0.29) is 36.9 Å². The smallest absolute Gasteiger partial charge is 0.231 e. The summed E-state index contributed by atoms with van der Waals surface area (Å²) in [5.74, 6) is 2.32. The van der Waals surface area contributed by atoms with Crippen LogP contribution in [-0.2, 0) is 4.79 Å². The average Bonchev–Trinajstić information content (AvgIpc) is 3.26. The van der Waals surface area contributed by atoms with Crippen LogP contribution in [0.3, 0.4) is 0 Å². The second kappa shape index (κ2) is 13.1. The fourth-order valence-corrected chi connectivity index (χ4v) is 4.92. The van der Waals surface area contributed by atoms with Crippen LogP contribution in [0.25, 0.3) is 0 Å². The van der Waals surface area contributed by atoms with Crippen LogP contribution in [0.4, 0.5) is 11.4 Å². The number of nitrogens with zero attached hydrogens (tertiary/aromatic N) is 1. The van der Waals surface area contributed by atoms with Crippen molar-refractivity contribution in [3.05, 3.63) is 47.0 Å². The molecule has 0 radical (unpaired) electrons. The predicted octanol–water partition coefficient (Wildman–Crippen LogP) is 7.84. The molecule has 0 aliphatic carbocycles. The van der Waals surface area contributed by atoms with Gasteiger partial charge >= 0.3 is 0 Å². The summed E-state index contributed by atoms with van der Waals surface area (Å²) in [4.78, 5) is 15.7. The Balaban J connectivity index is 0.00000432. The maximum atomic E-state index is 13.6. The Labute approximate surface area is 218 Å². The number of amides is 1. The number of rotatable bonds is 11. The molecule has 3 rings (SSSR count). The largest absolute Gasteiger partial charge is 0.454 e. The van der Waals surface area contributed by atoms with Crippen molar-refractivity contribution in [1.29, 1.82) is 0 Å². The number of hydrogen-bond acceptors (Lipinski definition) is 4. The van der Waals surface area contributed by atoms with E-state index < -0.39 is 0 Å². The van der Waals surface area contributed by atoms with Gasteiger partial charge in [-0.1, -0.05) is 72.1 Å². The van der Waals surface area contributed by atoms with Crippen LogP contribution in [0.2, 0.25) is 0 Å². The molecule has 0 bridgehead atoms. The molecule has 0 saturated carbocycles. The van der Waals surface area contributed by atoms with Gasteiger partial charge in [-0.05, 0) is 41.9 Å². The van der Waals surface area contributed by atoms with Crippen LogP contribution in [0.5, 0.6) is 11.5 Å². The van der Waals surface area contributed by atoms with Crippen molar-refractivity contribution >= 4 is 29.7 Å². The highest BCUT2D eigenvalue weighted by molar-refractivity contribution is 5.94. The third kappa shape index (κ3) is 6.84. The summed E-state index contributed by atoms with van der Waals surface area (Å²) < 4.78 is 11.4. The summed E-state index contributed by atoms with van der Waals surface area (Å²) in [6, 6.07) is 10.4. The van der Waals surface area contributed by atoms with Gasteiger partial charge in [0, 0.05) is 43.0 Å². The second-order valence-corrected chi connectivity index (χ2v) is 10.2. The molecule has 1 atom stereocenters. The highest BCUT2D eigenvalue weighted by atomic mass is 35.5. The lowest BCUT2D eigenvalue weighted by Crippen LogP contribution is -2.21. The molecule has 1 N–H and O–H groups in total. The Morgan fingerprint density at radius 1 is 1.00 bits per heavy atom. The molecule has 0 aromatic heterocycles. The molecule has 1 aliphatic rings. The van der Waals surface area contributed by atoms with Crippen LogP contribution < -0.4 is 19.7 Å². The lowest BCUT2D eigenvalue weighted by Gasteiger charge is -2.27. The Hall–Kier alpha value is -2.40. The first kappa shape index (κ1) is 28.8. The maximum Gasteiger partial charge on any atom is 0.231 e. The number of anilines is 2. The van der Waals surface area contributed by atoms with E-state index in [0.29, 0.717) is 12.3 Å². The van der Waals surface area contributed by atoms with Gasteiger partial charge in [0.2, 0.25) is 12.7 Å². The molecular weight excluding hydrogens is 460 g/mol. The molecule has 2 aromatic carbocycles. The van der Waals surface area contributed by atoms with E-state index in [9.17, 15) is 4.79 Å². The minimum Gasteiger partial charge on any atom is -0.454 e. The van der Waals surface area contributed by atoms with Gasteiger partial charge in [0.05, 0.1) is 0 Å². The fraction of sp³-hybridized carbons (Fsp3) is 0.552. The van der Waals surface area contributed by atoms with E-state index in [2.05, 4.69) is 77.1 Å². The van der Waals surface area contributed by atoms with Crippen molar-refractivity contribution in [1.82, 2.24) is 0 Å². The van der Waals surface area contributed by atoms with Crippen molar-refractivity contribution in [2.75, 3.05) is 31.1 Å². The zero-order valence-electron chi connectivity index (χ0n) is 22.4. The molecular formula is C29H43ClN2O3. The summed E-state index contributed by atoms with van der Waals surface area (Å²) >= 11 is 0. The van der Waals surface area contributed by atoms with Crippen LogP contribution in [0.1, 0.15) is 101 Å². The van der Waals surface area contributed by atoms with Gasteiger partial charge in [-0.15, -0.1) is 12.4 Å². The number of para-hydroxylation sites is 1. The molecule has 1 aliphatic heterocycles. The highest BCUT2D eigenvalue weighted by Gasteiger charge is 2.26. The quantitative estimate of drug-likeness (QED) is 0.318. The molecule has 0 spiro atoms. The Morgan fingerprint density at radius 3 is 2.37 bits per heavy atom. The molecule has 1 heterocycles. The fourth-order valence-electron chi connectivity index (χ4n) is 4.92. The number of benzene rings is 2. The zero-order valence-corrected chi connectivity index (χ0v) is 23.3. The van der Waals surface area contributed by atoms with Gasteiger partial charge in [0.15, 0.2) is 11.5 Å². The van der Waals surface area contributed by atoms with Gasteiger partial charge in [-0.3, -0.25) is 4.79 Å². The summed E-state index contributed by atoms with van der Waals surface area (Å²) in [5.41, 5.74) is 5.59. The molecule has 1 amide bonds. The summed E-state index contributed by atoms with van der Waals surface area (Å²) in [7, 11) is 4.12. The second-order valence-electron chi connectivity index (χ2n) is 10.2. The third-order valence-corrected chi connectivity index (χ3v) is 6.66. The van der Waals surface area contributed by atoms with Gasteiger partial charge in [0.25, 0.3) is 0 Å². The van der Waals surface area contributed by atoms with Gasteiger partial charge < -0.3 is 19.7 Å². The van der Waals surface area contributed by atoms with Gasteiger partial charge in [0.1, 0.15) is 0 Å². The van der Waals surface area contributed by atoms with Crippen molar-refractivity contribution in [2.45, 2.75) is 84.5 Å². The van der Waals surface area contributed by atoms with Crippen molar-refractivity contribution in [3.63, 3.8) is 0 Å². The zero-order chi connectivity index (χ0) is 24.8. The Morgan fingerprint density at radius 2 is 1.74 bits per heavy atom. The minimum atomic E-state index is 0. The molecule has 0 saturated heterocycles. The summed E-state index contributed by atoms with van der Waals surface area (Å²) in [6.45, 7) is 11.2. The lowest BCUT2D eigenvalue weighted by molar-refractivity contribution is -0.116.